The molecule has 0 aliphatic heterocycles. The normalized spacial score (nSPS) is 12.7. The summed E-state index contributed by atoms with van der Waals surface area (Å²) in [4.78, 5) is 4.27. The molecule has 0 bridgehead atoms. The van der Waals surface area contributed by atoms with E-state index in [4.69, 9.17) is 0 Å². The van der Waals surface area contributed by atoms with E-state index in [9.17, 15) is 8.42 Å². The van der Waals surface area contributed by atoms with Gasteiger partial charge in [-0.1, -0.05) is 6.07 Å². The van der Waals surface area contributed by atoms with Gasteiger partial charge in [0.2, 0.25) is 10.0 Å². The predicted octanol–water partition coefficient (Wildman–Crippen LogP) is 0.807. The van der Waals surface area contributed by atoms with Crippen LogP contribution < -0.4 is 10.0 Å². The molecule has 0 fully saturated rings. The fourth-order valence-corrected chi connectivity index (χ4v) is 2.72. The van der Waals surface area contributed by atoms with Crippen molar-refractivity contribution in [2.45, 2.75) is 32.9 Å². The lowest BCUT2D eigenvalue weighted by molar-refractivity contribution is 0.420. The highest BCUT2D eigenvalue weighted by Gasteiger charge is 2.21. The molecule has 5 nitrogen and oxygen atoms in total. The van der Waals surface area contributed by atoms with Gasteiger partial charge in [-0.2, -0.15) is 0 Å². The molecule has 0 amide bonds. The van der Waals surface area contributed by atoms with Crippen molar-refractivity contribution < 1.29 is 8.42 Å². The summed E-state index contributed by atoms with van der Waals surface area (Å²) in [7, 11) is -3.19. The molecular formula is C12H21N3O2S. The summed E-state index contributed by atoms with van der Waals surface area (Å²) in [6.45, 7) is 6.82. The maximum Gasteiger partial charge on any atom is 0.209 e. The summed E-state index contributed by atoms with van der Waals surface area (Å²) in [5.74, 6) is 0. The van der Waals surface area contributed by atoms with Crippen LogP contribution in [0.2, 0.25) is 0 Å². The van der Waals surface area contributed by atoms with Crippen LogP contribution in [0.1, 0.15) is 25.1 Å². The quantitative estimate of drug-likeness (QED) is 0.803. The number of pyridine rings is 1. The van der Waals surface area contributed by atoms with Gasteiger partial charge in [-0.25, -0.2) is 13.1 Å². The Bertz CT molecular complexity index is 481. The van der Waals surface area contributed by atoms with Crippen LogP contribution in [0, 0.1) is 6.92 Å². The van der Waals surface area contributed by atoms with Crippen molar-refractivity contribution in [2.75, 3.05) is 12.8 Å². The first kappa shape index (κ1) is 15.1. The first-order valence-corrected chi connectivity index (χ1v) is 7.68. The van der Waals surface area contributed by atoms with Crippen LogP contribution >= 0.6 is 0 Å². The molecule has 1 aromatic heterocycles. The monoisotopic (exact) mass is 271 g/mol. The van der Waals surface area contributed by atoms with Gasteiger partial charge in [-0.05, 0) is 32.4 Å². The molecule has 0 aliphatic rings. The minimum absolute atomic E-state index is 0.516. The van der Waals surface area contributed by atoms with E-state index >= 15 is 0 Å². The van der Waals surface area contributed by atoms with E-state index in [1.807, 2.05) is 39.1 Å². The highest BCUT2D eigenvalue weighted by molar-refractivity contribution is 7.88. The number of sulfonamides is 1. The van der Waals surface area contributed by atoms with Crippen LogP contribution in [-0.4, -0.2) is 31.7 Å². The molecule has 1 aromatic rings. The fraction of sp³-hybridized carbons (Fsp3) is 0.583. The van der Waals surface area contributed by atoms with E-state index < -0.39 is 15.6 Å². The largest absolute Gasteiger partial charge is 0.309 e. The Morgan fingerprint density at radius 1 is 1.33 bits per heavy atom. The third-order valence-electron chi connectivity index (χ3n) is 2.31. The van der Waals surface area contributed by atoms with Crippen LogP contribution in [0.25, 0.3) is 0 Å². The number of nitrogens with one attached hydrogen (secondary N) is 2. The summed E-state index contributed by atoms with van der Waals surface area (Å²) in [6.07, 6.45) is 2.98. The van der Waals surface area contributed by atoms with E-state index in [1.54, 1.807) is 0 Å². The van der Waals surface area contributed by atoms with Gasteiger partial charge in [0.15, 0.2) is 0 Å². The van der Waals surface area contributed by atoms with Crippen molar-refractivity contribution in [3.8, 4) is 0 Å². The molecule has 2 N–H and O–H groups in total. The molecule has 0 saturated carbocycles. The minimum Gasteiger partial charge on any atom is -0.309 e. The van der Waals surface area contributed by atoms with Gasteiger partial charge in [0, 0.05) is 24.8 Å². The lowest BCUT2D eigenvalue weighted by atomic mass is 10.1. The Kier molecular flexibility index (Phi) is 4.84. The number of nitrogens with zero attached hydrogens (tertiary/aromatic N) is 1. The van der Waals surface area contributed by atoms with Crippen molar-refractivity contribution in [1.29, 1.82) is 0 Å². The Morgan fingerprint density at radius 2 is 2.00 bits per heavy atom. The summed E-state index contributed by atoms with van der Waals surface area (Å²) < 4.78 is 24.9. The van der Waals surface area contributed by atoms with Crippen LogP contribution in [0.5, 0.6) is 0 Å². The second-order valence-corrected chi connectivity index (χ2v) is 6.94. The van der Waals surface area contributed by atoms with Gasteiger partial charge in [0.1, 0.15) is 0 Å². The number of hydrogen-bond donors (Lipinski definition) is 2. The SMILES string of the molecule is Cc1ccc(CNCC(C)(C)NS(C)(=O)=O)nc1. The zero-order chi connectivity index (χ0) is 13.8. The van der Waals surface area contributed by atoms with Gasteiger partial charge >= 0.3 is 0 Å². The maximum absolute atomic E-state index is 11.2. The molecule has 18 heavy (non-hydrogen) atoms. The van der Waals surface area contributed by atoms with Gasteiger partial charge in [-0.3, -0.25) is 4.98 Å². The number of aromatic nitrogens is 1. The fourth-order valence-electron chi connectivity index (χ4n) is 1.64. The van der Waals surface area contributed by atoms with Crippen molar-refractivity contribution in [3.63, 3.8) is 0 Å². The van der Waals surface area contributed by atoms with Crippen LogP contribution in [0.3, 0.4) is 0 Å². The molecule has 0 spiro atoms. The third-order valence-corrected chi connectivity index (χ3v) is 3.23. The minimum atomic E-state index is -3.19. The number of hydrogen-bond acceptors (Lipinski definition) is 4. The topological polar surface area (TPSA) is 71.1 Å². The van der Waals surface area contributed by atoms with E-state index in [0.717, 1.165) is 17.5 Å². The summed E-state index contributed by atoms with van der Waals surface area (Å²) >= 11 is 0. The van der Waals surface area contributed by atoms with Crippen LogP contribution in [-0.2, 0) is 16.6 Å². The predicted molar refractivity (Wildman–Crippen MR) is 72.7 cm³/mol. The van der Waals surface area contributed by atoms with E-state index in [-0.39, 0.29) is 0 Å². The summed E-state index contributed by atoms with van der Waals surface area (Å²) in [5.41, 5.74) is 1.55. The van der Waals surface area contributed by atoms with E-state index in [2.05, 4.69) is 15.0 Å². The van der Waals surface area contributed by atoms with Crippen LogP contribution in [0.4, 0.5) is 0 Å². The average Bonchev–Trinajstić information content (AvgIpc) is 2.17. The smallest absolute Gasteiger partial charge is 0.209 e. The van der Waals surface area contributed by atoms with Gasteiger partial charge in [-0.15, -0.1) is 0 Å². The molecular weight excluding hydrogens is 250 g/mol. The second kappa shape index (κ2) is 5.77. The molecule has 0 unspecified atom stereocenters. The molecule has 0 atom stereocenters. The Hall–Kier alpha value is -0.980. The lowest BCUT2D eigenvalue weighted by Crippen LogP contribution is -2.49. The molecule has 0 aromatic carbocycles. The van der Waals surface area contributed by atoms with E-state index in [1.165, 1.54) is 0 Å². The van der Waals surface area contributed by atoms with Gasteiger partial charge in [0.25, 0.3) is 0 Å². The molecule has 0 aliphatic carbocycles. The van der Waals surface area contributed by atoms with Crippen molar-refractivity contribution in [3.05, 3.63) is 29.6 Å². The number of rotatable bonds is 6. The zero-order valence-corrected chi connectivity index (χ0v) is 12.1. The Morgan fingerprint density at radius 3 is 2.50 bits per heavy atom. The van der Waals surface area contributed by atoms with Crippen molar-refractivity contribution in [2.24, 2.45) is 0 Å². The summed E-state index contributed by atoms with van der Waals surface area (Å²) in [6, 6.07) is 3.96. The molecule has 102 valence electrons. The standard InChI is InChI=1S/C12H21N3O2S/c1-10-5-6-11(14-7-10)8-13-9-12(2,3)15-18(4,16)17/h5-7,13,15H,8-9H2,1-4H3. The van der Waals surface area contributed by atoms with Gasteiger partial charge < -0.3 is 5.32 Å². The Labute approximate surface area is 109 Å². The van der Waals surface area contributed by atoms with Crippen molar-refractivity contribution >= 4 is 10.0 Å². The molecule has 1 heterocycles. The number of aryl methyl sites for hydroxylation is 1. The van der Waals surface area contributed by atoms with Crippen LogP contribution in [0.15, 0.2) is 18.3 Å². The van der Waals surface area contributed by atoms with Gasteiger partial charge in [0.05, 0.1) is 11.9 Å². The highest BCUT2D eigenvalue weighted by Crippen LogP contribution is 2.03. The summed E-state index contributed by atoms with van der Waals surface area (Å²) in [5, 5.41) is 3.19. The molecule has 0 radical (unpaired) electrons. The van der Waals surface area contributed by atoms with Crippen molar-refractivity contribution in [1.82, 2.24) is 15.0 Å². The van der Waals surface area contributed by atoms with E-state index in [0.29, 0.717) is 13.1 Å². The lowest BCUT2D eigenvalue weighted by Gasteiger charge is -2.25. The first-order valence-electron chi connectivity index (χ1n) is 5.79. The molecule has 6 heteroatoms. The maximum atomic E-state index is 11.2. The second-order valence-electron chi connectivity index (χ2n) is 5.19. The zero-order valence-electron chi connectivity index (χ0n) is 11.3. The highest BCUT2D eigenvalue weighted by atomic mass is 32.2. The molecule has 0 saturated heterocycles. The average molecular weight is 271 g/mol. The Balaban J connectivity index is 2.43. The first-order chi connectivity index (χ1) is 8.18. The molecule has 1 rings (SSSR count). The third kappa shape index (κ3) is 6.09.